The highest BCUT2D eigenvalue weighted by atomic mass is 35.5. The van der Waals surface area contributed by atoms with Crippen molar-refractivity contribution in [3.05, 3.63) is 0 Å². The van der Waals surface area contributed by atoms with E-state index in [2.05, 4.69) is 5.32 Å². The maximum atomic E-state index is 5.80. The van der Waals surface area contributed by atoms with E-state index in [1.807, 2.05) is 0 Å². The predicted molar refractivity (Wildman–Crippen MR) is 57.4 cm³/mol. The number of rotatable bonds is 4. The largest absolute Gasteiger partial charge is 0.383 e. The molecule has 0 radical (unpaired) electrons. The van der Waals surface area contributed by atoms with E-state index in [1.165, 1.54) is 25.7 Å². The van der Waals surface area contributed by atoms with E-state index >= 15 is 0 Å². The van der Waals surface area contributed by atoms with E-state index in [4.69, 9.17) is 10.5 Å². The zero-order chi connectivity index (χ0) is 8.81. The molecule has 0 aromatic carbocycles. The van der Waals surface area contributed by atoms with Crippen LogP contribution in [0.25, 0.3) is 0 Å². The van der Waals surface area contributed by atoms with Crippen molar-refractivity contribution in [1.82, 2.24) is 5.32 Å². The van der Waals surface area contributed by atoms with Gasteiger partial charge in [0.15, 0.2) is 0 Å². The topological polar surface area (TPSA) is 47.3 Å². The van der Waals surface area contributed by atoms with E-state index in [1.54, 1.807) is 7.11 Å². The van der Waals surface area contributed by atoms with Gasteiger partial charge < -0.3 is 15.8 Å². The van der Waals surface area contributed by atoms with Gasteiger partial charge in [-0.3, -0.25) is 0 Å². The predicted octanol–water partition coefficient (Wildman–Crippen LogP) is 0.914. The quantitative estimate of drug-likeness (QED) is 0.676. The van der Waals surface area contributed by atoms with E-state index in [9.17, 15) is 0 Å². The third-order valence-electron chi connectivity index (χ3n) is 2.51. The molecule has 3 N–H and O–H groups in total. The third kappa shape index (κ3) is 5.47. The van der Waals surface area contributed by atoms with Crippen LogP contribution in [0.2, 0.25) is 0 Å². The lowest BCUT2D eigenvalue weighted by Crippen LogP contribution is -2.38. The zero-order valence-corrected chi connectivity index (χ0v) is 9.11. The van der Waals surface area contributed by atoms with Gasteiger partial charge in [-0.05, 0) is 25.7 Å². The van der Waals surface area contributed by atoms with Gasteiger partial charge in [-0.2, -0.15) is 0 Å². The summed E-state index contributed by atoms with van der Waals surface area (Å²) >= 11 is 0. The Morgan fingerprint density at radius 1 is 1.31 bits per heavy atom. The molecule has 3 nitrogen and oxygen atoms in total. The molecule has 1 fully saturated rings. The Kier molecular flexibility index (Phi) is 7.66. The Balaban J connectivity index is 0.00000144. The Morgan fingerprint density at radius 2 is 1.92 bits per heavy atom. The summed E-state index contributed by atoms with van der Waals surface area (Å²) in [5.74, 6) is 0. The first-order chi connectivity index (χ1) is 5.83. The van der Waals surface area contributed by atoms with Gasteiger partial charge in [-0.25, -0.2) is 0 Å². The van der Waals surface area contributed by atoms with Crippen LogP contribution in [0, 0.1) is 0 Å². The van der Waals surface area contributed by atoms with Gasteiger partial charge in [0.1, 0.15) is 0 Å². The average Bonchev–Trinajstić information content (AvgIpc) is 2.09. The molecule has 0 spiro atoms. The summed E-state index contributed by atoms with van der Waals surface area (Å²) in [5, 5.41) is 3.46. The molecule has 0 aromatic rings. The summed E-state index contributed by atoms with van der Waals surface area (Å²) in [4.78, 5) is 0. The first-order valence-corrected chi connectivity index (χ1v) is 4.81. The summed E-state index contributed by atoms with van der Waals surface area (Å²) in [5.41, 5.74) is 5.80. The number of halogens is 1. The van der Waals surface area contributed by atoms with E-state index in [0.29, 0.717) is 12.1 Å². The van der Waals surface area contributed by atoms with Crippen molar-refractivity contribution in [3.8, 4) is 0 Å². The van der Waals surface area contributed by atoms with Crippen LogP contribution in [0.3, 0.4) is 0 Å². The van der Waals surface area contributed by atoms with Crippen molar-refractivity contribution in [2.45, 2.75) is 37.8 Å². The molecule has 0 aromatic heterocycles. The lowest BCUT2D eigenvalue weighted by Gasteiger charge is -2.26. The molecule has 13 heavy (non-hydrogen) atoms. The van der Waals surface area contributed by atoms with Gasteiger partial charge in [-0.1, -0.05) is 0 Å². The summed E-state index contributed by atoms with van der Waals surface area (Å²) in [6.45, 7) is 1.78. The summed E-state index contributed by atoms with van der Waals surface area (Å²) in [6.07, 6.45) is 4.80. The first kappa shape index (κ1) is 13.2. The van der Waals surface area contributed by atoms with Crippen molar-refractivity contribution in [2.75, 3.05) is 20.3 Å². The summed E-state index contributed by atoms with van der Waals surface area (Å²) < 4.78 is 4.97. The molecular weight excluding hydrogens is 188 g/mol. The van der Waals surface area contributed by atoms with Crippen LogP contribution in [0.1, 0.15) is 25.7 Å². The van der Waals surface area contributed by atoms with Gasteiger partial charge in [0.05, 0.1) is 6.61 Å². The Morgan fingerprint density at radius 3 is 2.46 bits per heavy atom. The molecule has 0 atom stereocenters. The smallest absolute Gasteiger partial charge is 0.0587 e. The first-order valence-electron chi connectivity index (χ1n) is 4.81. The maximum Gasteiger partial charge on any atom is 0.0587 e. The summed E-state index contributed by atoms with van der Waals surface area (Å²) in [6, 6.07) is 1.13. The lowest BCUT2D eigenvalue weighted by molar-refractivity contribution is 0.191. The van der Waals surface area contributed by atoms with Gasteiger partial charge in [0.25, 0.3) is 0 Å². The maximum absolute atomic E-state index is 5.80. The van der Waals surface area contributed by atoms with Crippen molar-refractivity contribution in [2.24, 2.45) is 5.73 Å². The highest BCUT2D eigenvalue weighted by Crippen LogP contribution is 2.16. The standard InChI is InChI=1S/C9H20N2O.ClH/c1-12-7-6-11-9-4-2-8(10)3-5-9;/h8-9,11H,2-7,10H2,1H3;1H/t8-,9-;. The molecule has 1 saturated carbocycles. The van der Waals surface area contributed by atoms with Crippen LogP contribution in [0.15, 0.2) is 0 Å². The molecule has 0 saturated heterocycles. The molecule has 0 aliphatic heterocycles. The molecule has 4 heteroatoms. The Hall–Kier alpha value is 0.170. The van der Waals surface area contributed by atoms with Crippen molar-refractivity contribution in [1.29, 1.82) is 0 Å². The van der Waals surface area contributed by atoms with Crippen molar-refractivity contribution < 1.29 is 4.74 Å². The van der Waals surface area contributed by atoms with Crippen LogP contribution in [0.4, 0.5) is 0 Å². The van der Waals surface area contributed by atoms with Crippen LogP contribution < -0.4 is 11.1 Å². The van der Waals surface area contributed by atoms with E-state index in [-0.39, 0.29) is 12.4 Å². The van der Waals surface area contributed by atoms with Crippen LogP contribution in [-0.2, 0) is 4.74 Å². The van der Waals surface area contributed by atoms with E-state index in [0.717, 1.165) is 13.2 Å². The minimum atomic E-state index is 0. The second-order valence-corrected chi connectivity index (χ2v) is 3.56. The number of ether oxygens (including phenoxy) is 1. The molecule has 1 aliphatic carbocycles. The molecule has 0 unspecified atom stereocenters. The van der Waals surface area contributed by atoms with Crippen LogP contribution in [-0.4, -0.2) is 32.3 Å². The fourth-order valence-electron chi connectivity index (χ4n) is 1.69. The highest BCUT2D eigenvalue weighted by Gasteiger charge is 2.17. The zero-order valence-electron chi connectivity index (χ0n) is 8.29. The van der Waals surface area contributed by atoms with Gasteiger partial charge in [0.2, 0.25) is 0 Å². The molecular formula is C9H21ClN2O. The second-order valence-electron chi connectivity index (χ2n) is 3.56. The molecule has 0 bridgehead atoms. The molecule has 0 amide bonds. The number of hydrogen-bond acceptors (Lipinski definition) is 3. The third-order valence-corrected chi connectivity index (χ3v) is 2.51. The minimum Gasteiger partial charge on any atom is -0.383 e. The molecule has 1 rings (SSSR count). The monoisotopic (exact) mass is 208 g/mol. The Labute approximate surface area is 86.8 Å². The normalized spacial score (nSPS) is 28.2. The summed E-state index contributed by atoms with van der Waals surface area (Å²) in [7, 11) is 1.73. The minimum absolute atomic E-state index is 0. The SMILES string of the molecule is COCCN[C@H]1CC[C@H](N)CC1.Cl. The fourth-order valence-corrected chi connectivity index (χ4v) is 1.69. The van der Waals surface area contributed by atoms with Gasteiger partial charge in [-0.15, -0.1) is 12.4 Å². The van der Waals surface area contributed by atoms with Crippen LogP contribution in [0.5, 0.6) is 0 Å². The second kappa shape index (κ2) is 7.56. The average molecular weight is 209 g/mol. The number of nitrogens with two attached hydrogens (primary N) is 1. The molecule has 0 heterocycles. The fraction of sp³-hybridized carbons (Fsp3) is 1.00. The lowest BCUT2D eigenvalue weighted by atomic mass is 9.92. The number of nitrogens with one attached hydrogen (secondary N) is 1. The number of methoxy groups -OCH3 is 1. The van der Waals surface area contributed by atoms with Crippen molar-refractivity contribution >= 4 is 12.4 Å². The van der Waals surface area contributed by atoms with Gasteiger partial charge in [0, 0.05) is 25.7 Å². The van der Waals surface area contributed by atoms with E-state index < -0.39 is 0 Å². The highest BCUT2D eigenvalue weighted by molar-refractivity contribution is 5.85. The van der Waals surface area contributed by atoms with Gasteiger partial charge >= 0.3 is 0 Å². The molecule has 80 valence electrons. The molecule has 1 aliphatic rings. The Bertz CT molecular complexity index is 116. The number of hydrogen-bond donors (Lipinski definition) is 2. The van der Waals surface area contributed by atoms with Crippen LogP contribution >= 0.6 is 12.4 Å². The van der Waals surface area contributed by atoms with Crippen molar-refractivity contribution in [3.63, 3.8) is 0 Å².